The van der Waals surface area contributed by atoms with Crippen LogP contribution in [-0.2, 0) is 23.1 Å². The van der Waals surface area contributed by atoms with Gasteiger partial charge in [0.15, 0.2) is 0 Å². The molecule has 0 aromatic rings. The molecule has 7 nitrogen and oxygen atoms in total. The summed E-state index contributed by atoms with van der Waals surface area (Å²) in [5, 5.41) is 3.52. The summed E-state index contributed by atoms with van der Waals surface area (Å²) >= 11 is 0. The third-order valence-corrected chi connectivity index (χ3v) is 9.05. The molecular formula is C32H66NO6P. The summed E-state index contributed by atoms with van der Waals surface area (Å²) in [5.41, 5.74) is 0. The highest BCUT2D eigenvalue weighted by Gasteiger charge is 2.22. The van der Waals surface area contributed by atoms with Gasteiger partial charge in [0.05, 0.1) is 26.4 Å². The number of hydrogen-bond donors (Lipinski definition) is 2. The lowest BCUT2D eigenvalue weighted by Gasteiger charge is -2.33. The van der Waals surface area contributed by atoms with E-state index in [-0.39, 0.29) is 13.2 Å². The largest absolute Gasteiger partial charge is 0.472 e. The lowest BCUT2D eigenvalue weighted by Crippen LogP contribution is -2.47. The molecule has 3 unspecified atom stereocenters. The molecular weight excluding hydrogens is 525 g/mol. The summed E-state index contributed by atoms with van der Waals surface area (Å²) in [6.07, 6.45) is 24.4. The molecule has 0 aromatic heterocycles. The molecule has 1 aliphatic heterocycles. The standard InChI is InChI=1S/C32H66NO6P/c1-30(2)20-16-12-8-4-6-10-14-18-24-36-26-28-38-40(34,35)39-29-27-37-25-19-15-11-7-5-9-13-17-21-31(3)32-22-23-33-32/h30-33H,4-29H2,1-3H3,(H,34,35). The highest BCUT2D eigenvalue weighted by molar-refractivity contribution is 7.47. The third kappa shape index (κ3) is 24.6. The van der Waals surface area contributed by atoms with Crippen LogP contribution in [-0.4, -0.2) is 57.1 Å². The van der Waals surface area contributed by atoms with Crippen LogP contribution in [0.15, 0.2) is 0 Å². The summed E-state index contributed by atoms with van der Waals surface area (Å²) in [6, 6.07) is 0.786. The van der Waals surface area contributed by atoms with E-state index in [0.29, 0.717) is 26.4 Å². The maximum Gasteiger partial charge on any atom is 0.472 e. The quantitative estimate of drug-likeness (QED) is 0.0615. The van der Waals surface area contributed by atoms with Crippen molar-refractivity contribution < 1.29 is 28.0 Å². The van der Waals surface area contributed by atoms with Gasteiger partial charge in [0.1, 0.15) is 0 Å². The second kappa shape index (κ2) is 26.6. The molecule has 0 aromatic carbocycles. The zero-order chi connectivity index (χ0) is 29.2. The van der Waals surface area contributed by atoms with Gasteiger partial charge in [-0.1, -0.05) is 117 Å². The predicted molar refractivity (Wildman–Crippen MR) is 167 cm³/mol. The first kappa shape index (κ1) is 38.0. The van der Waals surface area contributed by atoms with E-state index >= 15 is 0 Å². The van der Waals surface area contributed by atoms with Crippen LogP contribution >= 0.6 is 7.82 Å². The fraction of sp³-hybridized carbons (Fsp3) is 1.00. The minimum Gasteiger partial charge on any atom is -0.379 e. The summed E-state index contributed by atoms with van der Waals surface area (Å²) in [5.74, 6) is 1.67. The molecule has 8 heteroatoms. The van der Waals surface area contributed by atoms with Crippen LogP contribution in [0.4, 0.5) is 0 Å². The Bertz CT molecular complexity index is 590. The van der Waals surface area contributed by atoms with E-state index in [1.165, 1.54) is 116 Å². The molecule has 40 heavy (non-hydrogen) atoms. The van der Waals surface area contributed by atoms with Crippen LogP contribution in [0.5, 0.6) is 0 Å². The molecule has 0 aliphatic carbocycles. The van der Waals surface area contributed by atoms with Gasteiger partial charge in [0, 0.05) is 19.3 Å². The van der Waals surface area contributed by atoms with Gasteiger partial charge in [-0.05, 0) is 44.1 Å². The zero-order valence-electron chi connectivity index (χ0n) is 26.6. The second-order valence-electron chi connectivity index (χ2n) is 12.3. The van der Waals surface area contributed by atoms with Crippen LogP contribution in [0.3, 0.4) is 0 Å². The van der Waals surface area contributed by atoms with E-state index in [9.17, 15) is 9.46 Å². The van der Waals surface area contributed by atoms with Crippen LogP contribution in [0.25, 0.3) is 0 Å². The van der Waals surface area contributed by atoms with E-state index in [4.69, 9.17) is 18.5 Å². The SMILES string of the molecule is CC(C)CCCCCCCCCCOCCOP(=O)(O)OCCOCCCCCCCCCCC(C)C1CCN1. The van der Waals surface area contributed by atoms with Crippen molar-refractivity contribution in [3.63, 3.8) is 0 Å². The van der Waals surface area contributed by atoms with Gasteiger partial charge in [-0.3, -0.25) is 9.05 Å². The van der Waals surface area contributed by atoms with E-state index < -0.39 is 7.82 Å². The Morgan fingerprint density at radius 1 is 0.625 bits per heavy atom. The van der Waals surface area contributed by atoms with Gasteiger partial charge in [0.2, 0.25) is 0 Å². The van der Waals surface area contributed by atoms with Crippen molar-refractivity contribution in [1.29, 1.82) is 0 Å². The Morgan fingerprint density at radius 3 is 1.43 bits per heavy atom. The van der Waals surface area contributed by atoms with Gasteiger partial charge >= 0.3 is 7.82 Å². The van der Waals surface area contributed by atoms with Crippen molar-refractivity contribution in [1.82, 2.24) is 5.32 Å². The minimum absolute atomic E-state index is 0.0573. The highest BCUT2D eigenvalue weighted by Crippen LogP contribution is 2.42. The highest BCUT2D eigenvalue weighted by atomic mass is 31.2. The van der Waals surface area contributed by atoms with Crippen molar-refractivity contribution in [2.24, 2.45) is 11.8 Å². The van der Waals surface area contributed by atoms with Crippen LogP contribution in [0.2, 0.25) is 0 Å². The molecule has 2 N–H and O–H groups in total. The Balaban J connectivity index is 1.74. The fourth-order valence-electron chi connectivity index (χ4n) is 5.21. The molecule has 1 fully saturated rings. The fourth-order valence-corrected chi connectivity index (χ4v) is 5.90. The monoisotopic (exact) mass is 591 g/mol. The van der Waals surface area contributed by atoms with E-state index in [2.05, 4.69) is 26.1 Å². The number of nitrogens with one attached hydrogen (secondary N) is 1. The number of hydrogen-bond acceptors (Lipinski definition) is 6. The number of ether oxygens (including phenoxy) is 2. The minimum atomic E-state index is -4.04. The van der Waals surface area contributed by atoms with Crippen LogP contribution < -0.4 is 5.32 Å². The van der Waals surface area contributed by atoms with Gasteiger partial charge < -0.3 is 19.7 Å². The van der Waals surface area contributed by atoms with Gasteiger partial charge in [-0.25, -0.2) is 4.57 Å². The summed E-state index contributed by atoms with van der Waals surface area (Å²) in [6.45, 7) is 10.2. The molecule has 1 aliphatic rings. The first-order chi connectivity index (χ1) is 19.4. The number of phosphoric acid groups is 1. The molecule has 0 saturated carbocycles. The van der Waals surface area contributed by atoms with Crippen molar-refractivity contribution in [2.45, 2.75) is 149 Å². The first-order valence-corrected chi connectivity index (χ1v) is 18.4. The van der Waals surface area contributed by atoms with Crippen molar-refractivity contribution in [3.05, 3.63) is 0 Å². The number of unbranched alkanes of at least 4 members (excludes halogenated alkanes) is 14. The number of rotatable bonds is 31. The van der Waals surface area contributed by atoms with Crippen molar-refractivity contribution in [2.75, 3.05) is 46.2 Å². The predicted octanol–water partition coefficient (Wildman–Crippen LogP) is 8.83. The molecule has 0 radical (unpaired) electrons. The van der Waals surface area contributed by atoms with E-state index in [1.54, 1.807) is 0 Å². The Kier molecular flexibility index (Phi) is 25.3. The molecule has 1 rings (SSSR count). The topological polar surface area (TPSA) is 86.3 Å². The number of phosphoric ester groups is 1. The van der Waals surface area contributed by atoms with Gasteiger partial charge in [0.25, 0.3) is 0 Å². The smallest absolute Gasteiger partial charge is 0.379 e. The molecule has 3 atom stereocenters. The zero-order valence-corrected chi connectivity index (χ0v) is 27.4. The first-order valence-electron chi connectivity index (χ1n) is 16.9. The molecule has 240 valence electrons. The third-order valence-electron chi connectivity index (χ3n) is 8.03. The maximum absolute atomic E-state index is 11.9. The normalized spacial score (nSPS) is 17.7. The van der Waals surface area contributed by atoms with Crippen molar-refractivity contribution in [3.8, 4) is 0 Å². The summed E-state index contributed by atoms with van der Waals surface area (Å²) in [7, 11) is -4.04. The lowest BCUT2D eigenvalue weighted by molar-refractivity contribution is 0.0564. The average Bonchev–Trinajstić information content (AvgIpc) is 2.87. The van der Waals surface area contributed by atoms with Crippen LogP contribution in [0.1, 0.15) is 143 Å². The Hall–Kier alpha value is -0.0100. The van der Waals surface area contributed by atoms with Crippen LogP contribution in [0, 0.1) is 11.8 Å². The molecule has 0 spiro atoms. The average molecular weight is 592 g/mol. The van der Waals surface area contributed by atoms with Gasteiger partial charge in [-0.15, -0.1) is 0 Å². The van der Waals surface area contributed by atoms with E-state index in [1.807, 2.05) is 0 Å². The Morgan fingerprint density at radius 2 is 1.02 bits per heavy atom. The van der Waals surface area contributed by atoms with E-state index in [0.717, 1.165) is 30.7 Å². The summed E-state index contributed by atoms with van der Waals surface area (Å²) in [4.78, 5) is 9.76. The molecule has 0 amide bonds. The Labute approximate surface area is 247 Å². The lowest BCUT2D eigenvalue weighted by atomic mass is 9.89. The second-order valence-corrected chi connectivity index (χ2v) is 13.8. The van der Waals surface area contributed by atoms with Gasteiger partial charge in [-0.2, -0.15) is 0 Å². The maximum atomic E-state index is 11.9. The van der Waals surface area contributed by atoms with Crippen molar-refractivity contribution >= 4 is 7.82 Å². The molecule has 0 bridgehead atoms. The molecule has 1 heterocycles. The summed E-state index contributed by atoms with van der Waals surface area (Å²) < 4.78 is 32.9. The molecule has 1 saturated heterocycles.